The maximum absolute atomic E-state index is 6.00. The van der Waals surface area contributed by atoms with Gasteiger partial charge >= 0.3 is 0 Å². The van der Waals surface area contributed by atoms with Gasteiger partial charge in [-0.25, -0.2) is 9.97 Å². The molecule has 1 heterocycles. The topological polar surface area (TPSA) is 50.2 Å². The number of anilines is 1. The van der Waals surface area contributed by atoms with Gasteiger partial charge in [0, 0.05) is 20.4 Å². The second-order valence-electron chi connectivity index (χ2n) is 6.24. The summed E-state index contributed by atoms with van der Waals surface area (Å²) >= 11 is 9.46. The predicted octanol–water partition coefficient (Wildman–Crippen LogP) is 6.55. The minimum atomic E-state index is 0.620. The predicted molar refractivity (Wildman–Crippen MR) is 120 cm³/mol. The Morgan fingerprint density at radius 2 is 1.64 bits per heavy atom. The zero-order valence-electron chi connectivity index (χ0n) is 15.0. The quantitative estimate of drug-likeness (QED) is 0.283. The Morgan fingerprint density at radius 3 is 2.39 bits per heavy atom. The van der Waals surface area contributed by atoms with E-state index in [0.29, 0.717) is 16.7 Å². The fraction of sp³-hybridized carbons (Fsp3) is 0.0455. The largest absolute Gasteiger partial charge is 0.260 e. The molecule has 3 aromatic carbocycles. The average Bonchev–Trinajstić information content (AvgIpc) is 2.72. The highest BCUT2D eigenvalue weighted by atomic mass is 79.9. The Hall–Kier alpha value is -2.76. The van der Waals surface area contributed by atoms with Gasteiger partial charge in [0.05, 0.1) is 11.2 Å². The summed E-state index contributed by atoms with van der Waals surface area (Å²) in [5.74, 6) is 1.28. The van der Waals surface area contributed by atoms with Crippen LogP contribution in [0.15, 0.2) is 82.4 Å². The minimum absolute atomic E-state index is 0.620. The molecule has 0 saturated carbocycles. The van der Waals surface area contributed by atoms with Crippen LogP contribution < -0.4 is 5.43 Å². The van der Waals surface area contributed by atoms with E-state index in [9.17, 15) is 0 Å². The summed E-state index contributed by atoms with van der Waals surface area (Å²) in [6.45, 7) is 1.96. The summed E-state index contributed by atoms with van der Waals surface area (Å²) in [5.41, 5.74) is 6.76. The zero-order chi connectivity index (χ0) is 19.5. The lowest BCUT2D eigenvalue weighted by Crippen LogP contribution is -2.03. The summed E-state index contributed by atoms with van der Waals surface area (Å²) in [7, 11) is 0. The van der Waals surface area contributed by atoms with Gasteiger partial charge < -0.3 is 0 Å². The molecule has 1 aromatic heterocycles. The normalized spacial score (nSPS) is 11.6. The van der Waals surface area contributed by atoms with Gasteiger partial charge in [0.15, 0.2) is 11.6 Å². The lowest BCUT2D eigenvalue weighted by Gasteiger charge is -2.09. The number of benzene rings is 3. The fourth-order valence-corrected chi connectivity index (χ4v) is 3.17. The fourth-order valence-electron chi connectivity index (χ4n) is 2.78. The van der Waals surface area contributed by atoms with Crippen molar-refractivity contribution >= 4 is 50.0 Å². The molecule has 0 aliphatic rings. The van der Waals surface area contributed by atoms with Crippen LogP contribution in [0.25, 0.3) is 22.3 Å². The highest BCUT2D eigenvalue weighted by Gasteiger charge is 2.09. The van der Waals surface area contributed by atoms with Gasteiger partial charge in [0.2, 0.25) is 0 Å². The van der Waals surface area contributed by atoms with E-state index in [2.05, 4.69) is 31.4 Å². The van der Waals surface area contributed by atoms with E-state index < -0.39 is 0 Å². The van der Waals surface area contributed by atoms with Gasteiger partial charge in [0.1, 0.15) is 0 Å². The van der Waals surface area contributed by atoms with Crippen molar-refractivity contribution in [1.29, 1.82) is 0 Å². The van der Waals surface area contributed by atoms with Gasteiger partial charge in [-0.3, -0.25) is 5.43 Å². The SMILES string of the molecule is C/C(=N\Nc1nc(-c2ccc(Cl)cc2)nc2ccccc12)c1ccc(Br)cc1. The van der Waals surface area contributed by atoms with Crippen molar-refractivity contribution in [1.82, 2.24) is 9.97 Å². The van der Waals surface area contributed by atoms with E-state index >= 15 is 0 Å². The molecule has 0 radical (unpaired) electrons. The van der Waals surface area contributed by atoms with Gasteiger partial charge in [-0.2, -0.15) is 5.10 Å². The van der Waals surface area contributed by atoms with Crippen LogP contribution in [0.3, 0.4) is 0 Å². The average molecular weight is 452 g/mol. The first-order chi connectivity index (χ1) is 13.6. The molecule has 4 nitrogen and oxygen atoms in total. The summed E-state index contributed by atoms with van der Waals surface area (Å²) in [6.07, 6.45) is 0. The zero-order valence-corrected chi connectivity index (χ0v) is 17.4. The monoisotopic (exact) mass is 450 g/mol. The third-order valence-corrected chi connectivity index (χ3v) is 5.08. The summed E-state index contributed by atoms with van der Waals surface area (Å²) < 4.78 is 1.03. The molecular formula is C22H16BrClN4. The molecule has 0 aliphatic carbocycles. The molecule has 4 aromatic rings. The van der Waals surface area contributed by atoms with Crippen LogP contribution in [0.1, 0.15) is 12.5 Å². The van der Waals surface area contributed by atoms with E-state index in [1.165, 1.54) is 0 Å². The van der Waals surface area contributed by atoms with Crippen LogP contribution >= 0.6 is 27.5 Å². The molecule has 0 aliphatic heterocycles. The van der Waals surface area contributed by atoms with Gasteiger partial charge in [-0.15, -0.1) is 0 Å². The molecule has 28 heavy (non-hydrogen) atoms. The van der Waals surface area contributed by atoms with E-state index in [1.54, 1.807) is 0 Å². The Morgan fingerprint density at radius 1 is 0.929 bits per heavy atom. The third-order valence-electron chi connectivity index (χ3n) is 4.30. The number of para-hydroxylation sites is 1. The highest BCUT2D eigenvalue weighted by molar-refractivity contribution is 9.10. The lowest BCUT2D eigenvalue weighted by molar-refractivity contribution is 1.18. The number of rotatable bonds is 4. The molecule has 0 fully saturated rings. The summed E-state index contributed by atoms with van der Waals surface area (Å²) in [4.78, 5) is 9.38. The number of halogens is 2. The minimum Gasteiger partial charge on any atom is -0.260 e. The maximum atomic E-state index is 6.00. The van der Waals surface area contributed by atoms with Crippen LogP contribution in [0, 0.1) is 0 Å². The molecule has 4 rings (SSSR count). The molecule has 0 spiro atoms. The van der Waals surface area contributed by atoms with E-state index in [-0.39, 0.29) is 0 Å². The van der Waals surface area contributed by atoms with Crippen LogP contribution in [-0.4, -0.2) is 15.7 Å². The lowest BCUT2D eigenvalue weighted by atomic mass is 10.1. The third kappa shape index (κ3) is 4.06. The number of nitrogens with zero attached hydrogens (tertiary/aromatic N) is 3. The molecule has 0 amide bonds. The number of nitrogens with one attached hydrogen (secondary N) is 1. The van der Waals surface area contributed by atoms with Crippen molar-refractivity contribution in [2.24, 2.45) is 5.10 Å². The second-order valence-corrected chi connectivity index (χ2v) is 7.59. The second kappa shape index (κ2) is 8.09. The maximum Gasteiger partial charge on any atom is 0.162 e. The molecule has 0 saturated heterocycles. The highest BCUT2D eigenvalue weighted by Crippen LogP contribution is 2.26. The van der Waals surface area contributed by atoms with Crippen molar-refractivity contribution in [2.45, 2.75) is 6.92 Å². The van der Waals surface area contributed by atoms with E-state index in [1.807, 2.05) is 79.7 Å². The van der Waals surface area contributed by atoms with Gasteiger partial charge in [0.25, 0.3) is 0 Å². The Kier molecular flexibility index (Phi) is 5.37. The van der Waals surface area contributed by atoms with Crippen LogP contribution in [0.5, 0.6) is 0 Å². The van der Waals surface area contributed by atoms with Crippen molar-refractivity contribution in [3.8, 4) is 11.4 Å². The van der Waals surface area contributed by atoms with Crippen LogP contribution in [0.2, 0.25) is 5.02 Å². The van der Waals surface area contributed by atoms with E-state index in [4.69, 9.17) is 16.6 Å². The van der Waals surface area contributed by atoms with Gasteiger partial charge in [-0.05, 0) is 61.0 Å². The Labute approximate surface area is 176 Å². The number of hydrazone groups is 1. The standard InChI is InChI=1S/C22H16BrClN4/c1-14(15-6-10-17(23)11-7-15)27-28-22-19-4-2-3-5-20(19)25-21(26-22)16-8-12-18(24)13-9-16/h2-13H,1H3,(H,25,26,28)/b27-14+. The van der Waals surface area contributed by atoms with Crippen molar-refractivity contribution in [3.05, 3.63) is 87.9 Å². The summed E-state index contributed by atoms with van der Waals surface area (Å²) in [5, 5.41) is 6.12. The smallest absolute Gasteiger partial charge is 0.162 e. The van der Waals surface area contributed by atoms with Gasteiger partial charge in [-0.1, -0.05) is 51.8 Å². The molecule has 1 N–H and O–H groups in total. The number of hydrogen-bond donors (Lipinski definition) is 1. The molecule has 0 unspecified atom stereocenters. The molecule has 0 bridgehead atoms. The summed E-state index contributed by atoms with van der Waals surface area (Å²) in [6, 6.07) is 23.4. The Bertz CT molecular complexity index is 1160. The molecule has 6 heteroatoms. The first kappa shape index (κ1) is 18.6. The van der Waals surface area contributed by atoms with Crippen molar-refractivity contribution in [3.63, 3.8) is 0 Å². The van der Waals surface area contributed by atoms with Crippen molar-refractivity contribution < 1.29 is 0 Å². The molecule has 138 valence electrons. The van der Waals surface area contributed by atoms with Crippen LogP contribution in [-0.2, 0) is 0 Å². The molecular weight excluding hydrogens is 436 g/mol. The number of fused-ring (bicyclic) bond motifs is 1. The number of hydrogen-bond acceptors (Lipinski definition) is 4. The number of aromatic nitrogens is 2. The van der Waals surface area contributed by atoms with Crippen LogP contribution in [0.4, 0.5) is 5.82 Å². The molecule has 0 atom stereocenters. The first-order valence-corrected chi connectivity index (χ1v) is 9.86. The Balaban J connectivity index is 1.73. The first-order valence-electron chi connectivity index (χ1n) is 8.69. The van der Waals surface area contributed by atoms with Crippen molar-refractivity contribution in [2.75, 3.05) is 5.43 Å². The van der Waals surface area contributed by atoms with E-state index in [0.717, 1.165) is 32.2 Å².